The number of ketones is 1. The Morgan fingerprint density at radius 2 is 2.00 bits per heavy atom. The minimum absolute atomic E-state index is 0.265. The third-order valence-electron chi connectivity index (χ3n) is 2.27. The molecule has 1 aliphatic rings. The van der Waals surface area contributed by atoms with Gasteiger partial charge in [-0.05, 0) is 36.0 Å². The van der Waals surface area contributed by atoms with Gasteiger partial charge in [-0.15, -0.1) is 0 Å². The molecule has 0 spiro atoms. The zero-order valence-corrected chi connectivity index (χ0v) is 8.93. The lowest BCUT2D eigenvalue weighted by atomic mass is 10.2. The van der Waals surface area contributed by atoms with Crippen molar-refractivity contribution in [1.82, 2.24) is 0 Å². The Balaban J connectivity index is 2.15. The third-order valence-corrected chi connectivity index (χ3v) is 3.54. The summed E-state index contributed by atoms with van der Waals surface area (Å²) < 4.78 is 0. The Kier molecular flexibility index (Phi) is 2.73. The van der Waals surface area contributed by atoms with Crippen LogP contribution in [0.3, 0.4) is 0 Å². The standard InChI is InChI=1S/C12H12OS/c1-9-4-2-3-5-12(9)14-11-7-6-10(13)8-11/h2-5,8H,6-7H2,1H3. The molecule has 14 heavy (non-hydrogen) atoms. The molecule has 0 aliphatic heterocycles. The molecule has 1 nitrogen and oxygen atoms in total. The van der Waals surface area contributed by atoms with E-state index in [2.05, 4.69) is 19.1 Å². The zero-order valence-electron chi connectivity index (χ0n) is 8.12. The van der Waals surface area contributed by atoms with Crippen LogP contribution >= 0.6 is 11.8 Å². The van der Waals surface area contributed by atoms with E-state index in [1.807, 2.05) is 12.1 Å². The van der Waals surface area contributed by atoms with Gasteiger partial charge in [0.25, 0.3) is 0 Å². The molecule has 1 aromatic rings. The highest BCUT2D eigenvalue weighted by atomic mass is 32.2. The minimum atomic E-state index is 0.265. The van der Waals surface area contributed by atoms with Crippen molar-refractivity contribution < 1.29 is 4.79 Å². The van der Waals surface area contributed by atoms with Crippen molar-refractivity contribution >= 4 is 17.5 Å². The fraction of sp³-hybridized carbons (Fsp3) is 0.250. The molecular weight excluding hydrogens is 192 g/mol. The summed E-state index contributed by atoms with van der Waals surface area (Å²) in [7, 11) is 0. The average molecular weight is 204 g/mol. The highest BCUT2D eigenvalue weighted by Gasteiger charge is 2.13. The summed E-state index contributed by atoms with van der Waals surface area (Å²) in [5.74, 6) is 0.265. The molecule has 2 rings (SSSR count). The number of carbonyl (C=O) groups is 1. The Morgan fingerprint density at radius 1 is 1.21 bits per heavy atom. The largest absolute Gasteiger partial charge is 0.295 e. The lowest BCUT2D eigenvalue weighted by molar-refractivity contribution is -0.114. The summed E-state index contributed by atoms with van der Waals surface area (Å²) in [6, 6.07) is 8.27. The van der Waals surface area contributed by atoms with E-state index < -0.39 is 0 Å². The van der Waals surface area contributed by atoms with Gasteiger partial charge in [0.1, 0.15) is 0 Å². The summed E-state index contributed by atoms with van der Waals surface area (Å²) in [6.07, 6.45) is 3.38. The van der Waals surface area contributed by atoms with Crippen molar-refractivity contribution in [3.05, 3.63) is 40.8 Å². The number of carbonyl (C=O) groups excluding carboxylic acids is 1. The van der Waals surface area contributed by atoms with Gasteiger partial charge in [0.05, 0.1) is 0 Å². The Labute approximate surface area is 88.2 Å². The summed E-state index contributed by atoms with van der Waals surface area (Å²) in [5, 5.41) is 0. The van der Waals surface area contributed by atoms with E-state index >= 15 is 0 Å². The van der Waals surface area contributed by atoms with Crippen LogP contribution < -0.4 is 0 Å². The Hall–Kier alpha value is -1.02. The van der Waals surface area contributed by atoms with Crippen LogP contribution in [-0.4, -0.2) is 5.78 Å². The van der Waals surface area contributed by atoms with Crippen molar-refractivity contribution in [2.75, 3.05) is 0 Å². The smallest absolute Gasteiger partial charge is 0.156 e. The molecule has 0 heterocycles. The number of hydrogen-bond acceptors (Lipinski definition) is 2. The van der Waals surface area contributed by atoms with Crippen LogP contribution in [-0.2, 0) is 4.79 Å². The first kappa shape index (κ1) is 9.53. The first-order chi connectivity index (χ1) is 6.75. The second-order valence-electron chi connectivity index (χ2n) is 3.44. The topological polar surface area (TPSA) is 17.1 Å². The van der Waals surface area contributed by atoms with Gasteiger partial charge in [-0.3, -0.25) is 4.79 Å². The molecule has 0 aromatic heterocycles. The van der Waals surface area contributed by atoms with Gasteiger partial charge in [-0.2, -0.15) is 0 Å². The summed E-state index contributed by atoms with van der Waals surface area (Å²) in [6.45, 7) is 2.10. The number of hydrogen-bond donors (Lipinski definition) is 0. The predicted octanol–water partition coefficient (Wildman–Crippen LogP) is 3.33. The summed E-state index contributed by atoms with van der Waals surface area (Å²) >= 11 is 1.72. The molecule has 0 atom stereocenters. The highest BCUT2D eigenvalue weighted by Crippen LogP contribution is 2.34. The molecule has 1 aliphatic carbocycles. The molecule has 0 bridgehead atoms. The summed E-state index contributed by atoms with van der Waals surface area (Å²) in [4.78, 5) is 13.5. The number of benzene rings is 1. The van der Waals surface area contributed by atoms with Gasteiger partial charge in [0.2, 0.25) is 0 Å². The molecule has 0 radical (unpaired) electrons. The van der Waals surface area contributed by atoms with E-state index in [1.165, 1.54) is 15.4 Å². The quantitative estimate of drug-likeness (QED) is 0.735. The van der Waals surface area contributed by atoms with Crippen molar-refractivity contribution in [3.63, 3.8) is 0 Å². The molecule has 0 fully saturated rings. The Bertz CT molecular complexity index is 393. The highest BCUT2D eigenvalue weighted by molar-refractivity contribution is 8.03. The average Bonchev–Trinajstić information content (AvgIpc) is 2.56. The van der Waals surface area contributed by atoms with Crippen molar-refractivity contribution in [1.29, 1.82) is 0 Å². The molecule has 72 valence electrons. The van der Waals surface area contributed by atoms with E-state index in [9.17, 15) is 4.79 Å². The van der Waals surface area contributed by atoms with Gasteiger partial charge < -0.3 is 0 Å². The minimum Gasteiger partial charge on any atom is -0.295 e. The maximum Gasteiger partial charge on any atom is 0.156 e. The zero-order chi connectivity index (χ0) is 9.97. The number of thioether (sulfide) groups is 1. The lowest BCUT2D eigenvalue weighted by Gasteiger charge is -2.04. The van der Waals surface area contributed by atoms with Gasteiger partial charge in [0.15, 0.2) is 5.78 Å². The number of allylic oxidation sites excluding steroid dienone is 2. The van der Waals surface area contributed by atoms with E-state index in [4.69, 9.17) is 0 Å². The molecule has 0 amide bonds. The fourth-order valence-electron chi connectivity index (χ4n) is 1.46. The molecule has 0 unspecified atom stereocenters. The van der Waals surface area contributed by atoms with E-state index in [0.29, 0.717) is 6.42 Å². The van der Waals surface area contributed by atoms with Crippen LogP contribution in [0.25, 0.3) is 0 Å². The molecule has 1 aromatic carbocycles. The molecular formula is C12H12OS. The molecule has 0 N–H and O–H groups in total. The van der Waals surface area contributed by atoms with Crippen LogP contribution in [0.15, 0.2) is 40.1 Å². The maximum absolute atomic E-state index is 11.0. The van der Waals surface area contributed by atoms with E-state index in [-0.39, 0.29) is 5.78 Å². The van der Waals surface area contributed by atoms with Crippen LogP contribution in [0, 0.1) is 6.92 Å². The van der Waals surface area contributed by atoms with Crippen molar-refractivity contribution in [2.24, 2.45) is 0 Å². The number of rotatable bonds is 2. The second kappa shape index (κ2) is 4.01. The molecule has 0 saturated carbocycles. The summed E-state index contributed by atoms with van der Waals surface area (Å²) in [5.41, 5.74) is 1.28. The van der Waals surface area contributed by atoms with Gasteiger partial charge in [0, 0.05) is 11.3 Å². The lowest BCUT2D eigenvalue weighted by Crippen LogP contribution is -1.80. The fourth-order valence-corrected chi connectivity index (χ4v) is 2.52. The van der Waals surface area contributed by atoms with Crippen LogP contribution in [0.1, 0.15) is 18.4 Å². The van der Waals surface area contributed by atoms with Gasteiger partial charge >= 0.3 is 0 Å². The van der Waals surface area contributed by atoms with Crippen LogP contribution in [0.2, 0.25) is 0 Å². The first-order valence-electron chi connectivity index (χ1n) is 4.72. The monoisotopic (exact) mass is 204 g/mol. The molecule has 0 saturated heterocycles. The Morgan fingerprint density at radius 3 is 2.64 bits per heavy atom. The van der Waals surface area contributed by atoms with Crippen molar-refractivity contribution in [2.45, 2.75) is 24.7 Å². The van der Waals surface area contributed by atoms with E-state index in [1.54, 1.807) is 17.8 Å². The van der Waals surface area contributed by atoms with Gasteiger partial charge in [-0.1, -0.05) is 30.0 Å². The van der Waals surface area contributed by atoms with Crippen LogP contribution in [0.5, 0.6) is 0 Å². The van der Waals surface area contributed by atoms with Crippen LogP contribution in [0.4, 0.5) is 0 Å². The maximum atomic E-state index is 11.0. The van der Waals surface area contributed by atoms with Gasteiger partial charge in [-0.25, -0.2) is 0 Å². The third kappa shape index (κ3) is 2.07. The number of aryl methyl sites for hydroxylation is 1. The predicted molar refractivity (Wildman–Crippen MR) is 59.4 cm³/mol. The normalized spacial score (nSPS) is 15.8. The van der Waals surface area contributed by atoms with E-state index in [0.717, 1.165) is 6.42 Å². The molecule has 2 heteroatoms. The first-order valence-corrected chi connectivity index (χ1v) is 5.54. The van der Waals surface area contributed by atoms with Crippen molar-refractivity contribution in [3.8, 4) is 0 Å². The second-order valence-corrected chi connectivity index (χ2v) is 4.61. The SMILES string of the molecule is Cc1ccccc1SC1=CC(=O)CC1.